The minimum Gasteiger partial charge on any atom is -0.376 e. The summed E-state index contributed by atoms with van der Waals surface area (Å²) in [5, 5.41) is 6.91. The highest BCUT2D eigenvalue weighted by atomic mass is 16.5. The fourth-order valence-corrected chi connectivity index (χ4v) is 2.45. The lowest BCUT2D eigenvalue weighted by Crippen LogP contribution is -2.39. The van der Waals surface area contributed by atoms with Gasteiger partial charge in [0.25, 0.3) is 0 Å². The second-order valence-corrected chi connectivity index (χ2v) is 4.64. The zero-order chi connectivity index (χ0) is 11.5. The van der Waals surface area contributed by atoms with Crippen LogP contribution in [0.3, 0.4) is 0 Å². The third-order valence-electron chi connectivity index (χ3n) is 3.40. The Labute approximate surface area is 101 Å². The summed E-state index contributed by atoms with van der Waals surface area (Å²) >= 11 is 0. The Morgan fingerprint density at radius 3 is 3.29 bits per heavy atom. The number of aromatic nitrogens is 2. The van der Waals surface area contributed by atoms with Gasteiger partial charge in [-0.25, -0.2) is 9.97 Å². The molecule has 0 aromatic carbocycles. The number of anilines is 1. The Kier molecular flexibility index (Phi) is 3.20. The molecule has 3 rings (SSSR count). The van der Waals surface area contributed by atoms with Crippen molar-refractivity contribution < 1.29 is 4.74 Å². The van der Waals surface area contributed by atoms with E-state index in [9.17, 15) is 0 Å². The predicted molar refractivity (Wildman–Crippen MR) is 64.9 cm³/mol. The third-order valence-corrected chi connectivity index (χ3v) is 3.40. The molecule has 5 nitrogen and oxygen atoms in total. The molecule has 1 fully saturated rings. The van der Waals surface area contributed by atoms with Crippen molar-refractivity contribution in [2.24, 2.45) is 0 Å². The highest BCUT2D eigenvalue weighted by Crippen LogP contribution is 2.22. The molecule has 1 saturated heterocycles. The highest BCUT2D eigenvalue weighted by molar-refractivity contribution is 5.47. The summed E-state index contributed by atoms with van der Waals surface area (Å²) in [5.41, 5.74) is 2.28. The first-order valence-electron chi connectivity index (χ1n) is 6.31. The molecule has 2 aliphatic heterocycles. The Balaban J connectivity index is 1.77. The lowest BCUT2D eigenvalue weighted by molar-refractivity contribution is 0.109. The molecule has 2 N–H and O–H groups in total. The van der Waals surface area contributed by atoms with Crippen LogP contribution in [0.25, 0.3) is 0 Å². The number of nitrogens with zero attached hydrogens (tertiary/aromatic N) is 2. The van der Waals surface area contributed by atoms with Crippen LogP contribution in [0.15, 0.2) is 6.33 Å². The number of hydrogen-bond donors (Lipinski definition) is 2. The van der Waals surface area contributed by atoms with E-state index in [0.717, 1.165) is 43.2 Å². The molecule has 1 aromatic rings. The van der Waals surface area contributed by atoms with Crippen molar-refractivity contribution in [1.29, 1.82) is 0 Å². The fourth-order valence-electron chi connectivity index (χ4n) is 2.45. The topological polar surface area (TPSA) is 59.1 Å². The van der Waals surface area contributed by atoms with E-state index in [1.54, 1.807) is 6.33 Å². The van der Waals surface area contributed by atoms with Crippen molar-refractivity contribution in [3.8, 4) is 0 Å². The van der Waals surface area contributed by atoms with Crippen LogP contribution < -0.4 is 10.6 Å². The van der Waals surface area contributed by atoms with E-state index in [1.807, 2.05) is 0 Å². The van der Waals surface area contributed by atoms with E-state index in [1.165, 1.54) is 12.8 Å². The maximum Gasteiger partial charge on any atom is 0.135 e. The average molecular weight is 234 g/mol. The summed E-state index contributed by atoms with van der Waals surface area (Å²) in [6.07, 6.45) is 4.98. The smallest absolute Gasteiger partial charge is 0.135 e. The molecule has 0 radical (unpaired) electrons. The van der Waals surface area contributed by atoms with Crippen LogP contribution in [-0.2, 0) is 17.8 Å². The van der Waals surface area contributed by atoms with Crippen LogP contribution in [-0.4, -0.2) is 35.7 Å². The summed E-state index contributed by atoms with van der Waals surface area (Å²) in [7, 11) is 0. The summed E-state index contributed by atoms with van der Waals surface area (Å²) in [4.78, 5) is 8.68. The summed E-state index contributed by atoms with van der Waals surface area (Å²) in [6.45, 7) is 3.55. The molecule has 92 valence electrons. The molecule has 1 aromatic heterocycles. The van der Waals surface area contributed by atoms with E-state index in [-0.39, 0.29) is 0 Å². The second kappa shape index (κ2) is 4.98. The van der Waals surface area contributed by atoms with E-state index in [2.05, 4.69) is 20.6 Å². The number of ether oxygens (including phenoxy) is 1. The molecule has 0 saturated carbocycles. The quantitative estimate of drug-likeness (QED) is 0.789. The molecule has 1 atom stereocenters. The zero-order valence-electron chi connectivity index (χ0n) is 9.91. The van der Waals surface area contributed by atoms with Crippen molar-refractivity contribution >= 4 is 5.82 Å². The van der Waals surface area contributed by atoms with Gasteiger partial charge in [-0.2, -0.15) is 0 Å². The second-order valence-electron chi connectivity index (χ2n) is 4.64. The summed E-state index contributed by atoms with van der Waals surface area (Å²) in [5.74, 6) is 0.961. The van der Waals surface area contributed by atoms with Gasteiger partial charge in [0.2, 0.25) is 0 Å². The predicted octanol–water partition coefficient (Wildman–Crippen LogP) is 0.713. The van der Waals surface area contributed by atoms with Crippen molar-refractivity contribution in [3.05, 3.63) is 17.6 Å². The van der Waals surface area contributed by atoms with Crippen LogP contribution in [0.1, 0.15) is 24.1 Å². The van der Waals surface area contributed by atoms with Crippen LogP contribution in [0.4, 0.5) is 5.82 Å². The number of nitrogens with one attached hydrogen (secondary N) is 2. The minimum atomic E-state index is 0.477. The molecule has 17 heavy (non-hydrogen) atoms. The Bertz CT molecular complexity index is 390. The average Bonchev–Trinajstić information content (AvgIpc) is 2.40. The largest absolute Gasteiger partial charge is 0.376 e. The Morgan fingerprint density at radius 1 is 1.41 bits per heavy atom. The van der Waals surface area contributed by atoms with Gasteiger partial charge in [-0.05, 0) is 19.4 Å². The van der Waals surface area contributed by atoms with Crippen molar-refractivity contribution in [3.63, 3.8) is 0 Å². The van der Waals surface area contributed by atoms with E-state index in [4.69, 9.17) is 4.74 Å². The van der Waals surface area contributed by atoms with Gasteiger partial charge in [-0.1, -0.05) is 0 Å². The van der Waals surface area contributed by atoms with Gasteiger partial charge >= 0.3 is 0 Å². The van der Waals surface area contributed by atoms with Crippen LogP contribution >= 0.6 is 0 Å². The lowest BCUT2D eigenvalue weighted by atomic mass is 10.1. The first-order chi connectivity index (χ1) is 8.43. The van der Waals surface area contributed by atoms with Crippen LogP contribution in [0, 0.1) is 0 Å². The van der Waals surface area contributed by atoms with Crippen molar-refractivity contribution in [1.82, 2.24) is 15.3 Å². The molecule has 0 aliphatic carbocycles. The molecule has 5 heteroatoms. The van der Waals surface area contributed by atoms with Crippen LogP contribution in [0.5, 0.6) is 0 Å². The maximum atomic E-state index is 5.49. The van der Waals surface area contributed by atoms with Crippen molar-refractivity contribution in [2.45, 2.75) is 31.9 Å². The Morgan fingerprint density at radius 2 is 2.41 bits per heavy atom. The molecule has 2 aliphatic rings. The van der Waals surface area contributed by atoms with Gasteiger partial charge in [0.05, 0.1) is 18.9 Å². The molecule has 0 bridgehead atoms. The van der Waals surface area contributed by atoms with E-state index in [0.29, 0.717) is 12.6 Å². The van der Waals surface area contributed by atoms with Gasteiger partial charge < -0.3 is 15.4 Å². The molecule has 0 spiro atoms. The molecular formula is C12H18N4O. The van der Waals surface area contributed by atoms with Gasteiger partial charge in [-0.3, -0.25) is 0 Å². The molecular weight excluding hydrogens is 216 g/mol. The van der Waals surface area contributed by atoms with Gasteiger partial charge in [0, 0.05) is 24.6 Å². The van der Waals surface area contributed by atoms with Gasteiger partial charge in [0.1, 0.15) is 12.1 Å². The summed E-state index contributed by atoms with van der Waals surface area (Å²) < 4.78 is 5.49. The SMILES string of the molecule is c1nc2c(c(NC3CCCNC3)n1)COCC2. The molecule has 1 unspecified atom stereocenters. The zero-order valence-corrected chi connectivity index (χ0v) is 9.91. The fraction of sp³-hybridized carbons (Fsp3) is 0.667. The van der Waals surface area contributed by atoms with Crippen LogP contribution in [0.2, 0.25) is 0 Å². The number of hydrogen-bond acceptors (Lipinski definition) is 5. The van der Waals surface area contributed by atoms with Gasteiger partial charge in [-0.15, -0.1) is 0 Å². The standard InChI is InChI=1S/C12H18N4O/c1-2-9(6-13-4-1)16-12-10-7-17-5-3-11(10)14-8-15-12/h8-9,13H,1-7H2,(H,14,15,16). The normalized spacial score (nSPS) is 24.1. The summed E-state index contributed by atoms with van der Waals surface area (Å²) in [6, 6.07) is 0.477. The third kappa shape index (κ3) is 2.40. The Hall–Kier alpha value is -1.20. The number of piperidine rings is 1. The van der Waals surface area contributed by atoms with Crippen molar-refractivity contribution in [2.75, 3.05) is 25.0 Å². The number of rotatable bonds is 2. The van der Waals surface area contributed by atoms with E-state index >= 15 is 0 Å². The molecule has 0 amide bonds. The maximum absolute atomic E-state index is 5.49. The van der Waals surface area contributed by atoms with E-state index < -0.39 is 0 Å². The van der Waals surface area contributed by atoms with Gasteiger partial charge in [0.15, 0.2) is 0 Å². The first-order valence-corrected chi connectivity index (χ1v) is 6.31. The lowest BCUT2D eigenvalue weighted by Gasteiger charge is -2.26. The minimum absolute atomic E-state index is 0.477. The molecule has 3 heterocycles. The highest BCUT2D eigenvalue weighted by Gasteiger charge is 2.19. The number of fused-ring (bicyclic) bond motifs is 1. The monoisotopic (exact) mass is 234 g/mol. The first kappa shape index (κ1) is 10.9.